The van der Waals surface area contributed by atoms with Gasteiger partial charge < -0.3 is 5.32 Å². The molecule has 0 aromatic carbocycles. The molecule has 0 heterocycles. The lowest BCUT2D eigenvalue weighted by molar-refractivity contribution is 0.682. The van der Waals surface area contributed by atoms with Crippen LogP contribution in [0.2, 0.25) is 0 Å². The van der Waals surface area contributed by atoms with Crippen LogP contribution in [0.25, 0.3) is 0 Å². The van der Waals surface area contributed by atoms with Gasteiger partial charge in [-0.3, -0.25) is 0 Å². The summed E-state index contributed by atoms with van der Waals surface area (Å²) in [5.74, 6) is -0.631. The molecule has 1 nitrogen and oxygen atoms in total. The summed E-state index contributed by atoms with van der Waals surface area (Å²) in [6, 6.07) is 0. The Labute approximate surface area is 59.3 Å². The summed E-state index contributed by atoms with van der Waals surface area (Å²) in [5, 5.41) is 2.50. The van der Waals surface area contributed by atoms with E-state index in [1.165, 1.54) is 0 Å². The van der Waals surface area contributed by atoms with Crippen LogP contribution in [0, 0.1) is 0 Å². The molecule has 0 unspecified atom stereocenters. The zero-order valence-electron chi connectivity index (χ0n) is 5.20. The fourth-order valence-electron chi connectivity index (χ4n) is 0.262. The van der Waals surface area contributed by atoms with Crippen molar-refractivity contribution in [1.82, 2.24) is 5.32 Å². The maximum Gasteiger partial charge on any atom is 0.150 e. The highest BCUT2D eigenvalue weighted by Crippen LogP contribution is 1.94. The Balaban J connectivity index is 3.79. The lowest BCUT2D eigenvalue weighted by Crippen LogP contribution is -2.18. The van der Waals surface area contributed by atoms with Gasteiger partial charge in [0.05, 0.1) is 0 Å². The van der Waals surface area contributed by atoms with Crippen molar-refractivity contribution in [2.45, 2.75) is 6.92 Å². The molecular weight excluding hydrogens is 137 g/mol. The smallest absolute Gasteiger partial charge is 0.150 e. The molecule has 0 saturated carbocycles. The van der Waals surface area contributed by atoms with Gasteiger partial charge in [0, 0.05) is 5.70 Å². The van der Waals surface area contributed by atoms with E-state index in [4.69, 9.17) is 0 Å². The predicted molar refractivity (Wildman–Crippen MR) is 40.8 cm³/mol. The van der Waals surface area contributed by atoms with Crippen molar-refractivity contribution in [3.63, 3.8) is 0 Å². The van der Waals surface area contributed by atoms with Gasteiger partial charge in [-0.1, -0.05) is 25.4 Å². The summed E-state index contributed by atoms with van der Waals surface area (Å²) in [4.78, 5) is 0.00231. The maximum absolute atomic E-state index is 12.0. The van der Waals surface area contributed by atoms with Gasteiger partial charge in [-0.2, -0.15) is 0 Å². The molecule has 0 rings (SSSR count). The molecule has 0 radical (unpaired) electrons. The van der Waals surface area contributed by atoms with E-state index in [2.05, 4.69) is 30.7 Å². The van der Waals surface area contributed by atoms with Crippen molar-refractivity contribution in [3.8, 4) is 0 Å². The average Bonchev–Trinajstić information content (AvgIpc) is 1.63. The minimum atomic E-state index is -0.631. The van der Waals surface area contributed by atoms with Gasteiger partial charge in [-0.05, 0) is 6.92 Å². The first-order chi connectivity index (χ1) is 4.04. The van der Waals surface area contributed by atoms with E-state index in [0.29, 0.717) is 5.70 Å². The van der Waals surface area contributed by atoms with Gasteiger partial charge in [-0.15, -0.1) is 0 Å². The topological polar surface area (TPSA) is 12.0 Å². The molecule has 0 aliphatic carbocycles. The maximum atomic E-state index is 12.0. The Hall–Kier alpha value is -0.700. The predicted octanol–water partition coefficient (Wildman–Crippen LogP) is 1.92. The second kappa shape index (κ2) is 3.35. The summed E-state index contributed by atoms with van der Waals surface area (Å²) >= 11 is 4.51. The molecule has 0 amide bonds. The molecule has 0 bridgehead atoms. The molecule has 0 saturated heterocycles. The first kappa shape index (κ1) is 8.30. The Morgan fingerprint density at radius 1 is 1.56 bits per heavy atom. The minimum absolute atomic E-state index is 0.00231. The number of nitrogens with one attached hydrogen (secondary N) is 1. The molecule has 0 aromatic heterocycles. The average molecular weight is 145 g/mol. The lowest BCUT2D eigenvalue weighted by atomic mass is 10.5. The third kappa shape index (κ3) is 3.85. The standard InChI is InChI=1S/C6H8FNS/c1-4(2)8-6(9)5(3)7/h1,3H2,2H3,(H,8,9). The number of hydrogen-bond acceptors (Lipinski definition) is 1. The largest absolute Gasteiger partial charge is 0.349 e. The summed E-state index contributed by atoms with van der Waals surface area (Å²) in [5.41, 5.74) is 0.610. The van der Waals surface area contributed by atoms with Gasteiger partial charge in [0.1, 0.15) is 4.99 Å². The molecule has 3 heteroatoms. The highest BCUT2D eigenvalue weighted by molar-refractivity contribution is 7.80. The molecule has 50 valence electrons. The van der Waals surface area contributed by atoms with Crippen LogP contribution in [0.1, 0.15) is 6.92 Å². The first-order valence-corrected chi connectivity index (χ1v) is 2.76. The second-order valence-corrected chi connectivity index (χ2v) is 2.05. The number of allylic oxidation sites excluding steroid dienone is 1. The van der Waals surface area contributed by atoms with E-state index < -0.39 is 5.83 Å². The van der Waals surface area contributed by atoms with E-state index in [-0.39, 0.29) is 4.99 Å². The highest BCUT2D eigenvalue weighted by Gasteiger charge is 1.97. The Morgan fingerprint density at radius 3 is 2.11 bits per heavy atom. The number of hydrogen-bond donors (Lipinski definition) is 1. The van der Waals surface area contributed by atoms with Crippen LogP contribution in [0.3, 0.4) is 0 Å². The molecule has 0 aromatic rings. The van der Waals surface area contributed by atoms with Crippen LogP contribution < -0.4 is 5.32 Å². The van der Waals surface area contributed by atoms with Gasteiger partial charge in [0.2, 0.25) is 0 Å². The Bertz CT molecular complexity index is 162. The van der Waals surface area contributed by atoms with Crippen LogP contribution in [0.15, 0.2) is 24.7 Å². The summed E-state index contributed by atoms with van der Waals surface area (Å²) in [6.07, 6.45) is 0. The zero-order valence-corrected chi connectivity index (χ0v) is 6.02. The molecular formula is C6H8FNS. The molecule has 9 heavy (non-hydrogen) atoms. The first-order valence-electron chi connectivity index (χ1n) is 2.35. The van der Waals surface area contributed by atoms with Crippen molar-refractivity contribution < 1.29 is 4.39 Å². The van der Waals surface area contributed by atoms with Gasteiger partial charge in [0.15, 0.2) is 5.83 Å². The fraction of sp³-hybridized carbons (Fsp3) is 0.167. The Morgan fingerprint density at radius 2 is 2.00 bits per heavy atom. The van der Waals surface area contributed by atoms with E-state index in [0.717, 1.165) is 0 Å². The molecule has 0 atom stereocenters. The molecule has 0 fully saturated rings. The van der Waals surface area contributed by atoms with Gasteiger partial charge in [-0.25, -0.2) is 4.39 Å². The van der Waals surface area contributed by atoms with Crippen LogP contribution >= 0.6 is 12.2 Å². The van der Waals surface area contributed by atoms with Crippen molar-refractivity contribution in [2.24, 2.45) is 0 Å². The van der Waals surface area contributed by atoms with Crippen LogP contribution in [0.5, 0.6) is 0 Å². The highest BCUT2D eigenvalue weighted by atomic mass is 32.1. The molecule has 0 spiro atoms. The zero-order chi connectivity index (χ0) is 7.44. The Kier molecular flexibility index (Phi) is 3.09. The third-order valence-corrected chi connectivity index (χ3v) is 0.897. The second-order valence-electron chi connectivity index (χ2n) is 1.64. The monoisotopic (exact) mass is 145 g/mol. The SMILES string of the molecule is C=C(C)NC(=S)C(=C)F. The van der Waals surface area contributed by atoms with Crippen molar-refractivity contribution in [3.05, 3.63) is 24.7 Å². The number of halogens is 1. The van der Waals surface area contributed by atoms with Crippen LogP contribution in [0.4, 0.5) is 4.39 Å². The van der Waals surface area contributed by atoms with E-state index in [9.17, 15) is 4.39 Å². The van der Waals surface area contributed by atoms with E-state index in [1.807, 2.05) is 0 Å². The van der Waals surface area contributed by atoms with Crippen LogP contribution in [-0.4, -0.2) is 4.99 Å². The fourth-order valence-corrected chi connectivity index (χ4v) is 0.436. The molecule has 0 aliphatic rings. The molecule has 0 aliphatic heterocycles. The number of thiocarbonyl (C=S) groups is 1. The normalized spacial score (nSPS) is 8.22. The third-order valence-electron chi connectivity index (χ3n) is 0.573. The summed E-state index contributed by atoms with van der Waals surface area (Å²) < 4.78 is 12.0. The number of rotatable bonds is 2. The van der Waals surface area contributed by atoms with Crippen LogP contribution in [-0.2, 0) is 0 Å². The quantitative estimate of drug-likeness (QED) is 0.470. The lowest BCUT2D eigenvalue weighted by Gasteiger charge is -2.01. The van der Waals surface area contributed by atoms with E-state index in [1.54, 1.807) is 6.92 Å². The van der Waals surface area contributed by atoms with Crippen molar-refractivity contribution in [2.75, 3.05) is 0 Å². The van der Waals surface area contributed by atoms with Gasteiger partial charge >= 0.3 is 0 Å². The van der Waals surface area contributed by atoms with Gasteiger partial charge in [0.25, 0.3) is 0 Å². The summed E-state index contributed by atoms with van der Waals surface area (Å²) in [6.45, 7) is 8.16. The minimum Gasteiger partial charge on any atom is -0.349 e. The molecule has 1 N–H and O–H groups in total. The summed E-state index contributed by atoms with van der Waals surface area (Å²) in [7, 11) is 0. The van der Waals surface area contributed by atoms with Crippen molar-refractivity contribution in [1.29, 1.82) is 0 Å². The van der Waals surface area contributed by atoms with E-state index >= 15 is 0 Å². The van der Waals surface area contributed by atoms with Crippen molar-refractivity contribution >= 4 is 17.2 Å².